The number of aromatic nitrogens is 3. The molecule has 0 N–H and O–H groups in total. The monoisotopic (exact) mass is 440 g/mol. The number of likely N-dealkylation sites (tertiary alicyclic amines) is 1. The third kappa shape index (κ3) is 4.01. The van der Waals surface area contributed by atoms with Gasteiger partial charge in [0.1, 0.15) is 10.7 Å². The number of hydrogen-bond donors (Lipinski definition) is 0. The Labute approximate surface area is 184 Å². The first-order chi connectivity index (χ1) is 14.9. The first-order valence-corrected chi connectivity index (χ1v) is 11.6. The molecule has 2 aromatic heterocycles. The summed E-state index contributed by atoms with van der Waals surface area (Å²) in [6, 6.07) is 6.07. The second-order valence-electron chi connectivity index (χ2n) is 8.84. The zero-order chi connectivity index (χ0) is 21.6. The van der Waals surface area contributed by atoms with Crippen LogP contribution in [0.25, 0.3) is 11.5 Å². The van der Waals surface area contributed by atoms with E-state index in [0.29, 0.717) is 29.7 Å². The maximum Gasteiger partial charge on any atom is 0.265 e. The Morgan fingerprint density at radius 1 is 1.26 bits per heavy atom. The third-order valence-electron chi connectivity index (χ3n) is 6.33. The van der Waals surface area contributed by atoms with Gasteiger partial charge in [0.2, 0.25) is 0 Å². The average molecular weight is 441 g/mol. The van der Waals surface area contributed by atoms with Gasteiger partial charge in [0.15, 0.2) is 5.82 Å². The Balaban J connectivity index is 1.45. The molecule has 1 saturated heterocycles. The number of hydrogen-bond acceptors (Lipinski definition) is 6. The molecule has 6 nitrogen and oxygen atoms in total. The number of carbonyl (C=O) groups is 1. The van der Waals surface area contributed by atoms with E-state index in [2.05, 4.69) is 10.1 Å². The van der Waals surface area contributed by atoms with Crippen LogP contribution in [0.4, 0.5) is 4.39 Å². The lowest BCUT2D eigenvalue weighted by molar-refractivity contribution is 0.0611. The quantitative estimate of drug-likeness (QED) is 0.563. The van der Waals surface area contributed by atoms with Gasteiger partial charge in [0.05, 0.1) is 16.1 Å². The number of benzene rings is 1. The van der Waals surface area contributed by atoms with Crippen LogP contribution in [0, 0.1) is 25.6 Å². The number of aryl methyl sites for hydroxylation is 2. The lowest BCUT2D eigenvalue weighted by Crippen LogP contribution is -2.49. The summed E-state index contributed by atoms with van der Waals surface area (Å²) in [6.07, 6.45) is 5.21. The molecule has 1 aliphatic heterocycles. The molecule has 1 aliphatic carbocycles. The Morgan fingerprint density at radius 3 is 2.71 bits per heavy atom. The SMILES string of the molecule is Cc1nc(C)c(C(=O)N2CCCC(CC3CC3)(c3noc(-c4ccc(F)cc4)n3)C2)s1. The molecule has 162 valence electrons. The van der Waals surface area contributed by atoms with Crippen molar-refractivity contribution >= 4 is 17.2 Å². The van der Waals surface area contributed by atoms with Crippen LogP contribution in [0.3, 0.4) is 0 Å². The van der Waals surface area contributed by atoms with Crippen molar-refractivity contribution in [2.75, 3.05) is 13.1 Å². The summed E-state index contributed by atoms with van der Waals surface area (Å²) >= 11 is 1.46. The molecule has 5 rings (SSSR count). The maximum atomic E-state index is 13.3. The minimum Gasteiger partial charge on any atom is -0.337 e. The standard InChI is InChI=1S/C23H25FN4O2S/c1-14-19(31-15(2)25-14)21(29)28-11-3-10-23(13-28,12-16-4-5-16)22-26-20(30-27-22)17-6-8-18(24)9-7-17/h6-9,16H,3-5,10-13H2,1-2H3. The predicted octanol–water partition coefficient (Wildman–Crippen LogP) is 4.92. The lowest BCUT2D eigenvalue weighted by Gasteiger charge is -2.41. The highest BCUT2D eigenvalue weighted by Crippen LogP contribution is 2.46. The zero-order valence-electron chi connectivity index (χ0n) is 17.7. The molecule has 0 spiro atoms. The first kappa shape index (κ1) is 20.3. The minimum absolute atomic E-state index is 0.0465. The number of carbonyl (C=O) groups excluding carboxylic acids is 1. The normalized spacial score (nSPS) is 21.5. The van der Waals surface area contributed by atoms with Gasteiger partial charge in [-0.2, -0.15) is 4.98 Å². The smallest absolute Gasteiger partial charge is 0.265 e. The number of piperidine rings is 1. The Kier molecular flexibility index (Phi) is 5.12. The van der Waals surface area contributed by atoms with Crippen molar-refractivity contribution in [1.29, 1.82) is 0 Å². The highest BCUT2D eigenvalue weighted by Gasteiger charge is 2.46. The van der Waals surface area contributed by atoms with Crippen LogP contribution >= 0.6 is 11.3 Å². The van der Waals surface area contributed by atoms with Gasteiger partial charge < -0.3 is 9.42 Å². The summed E-state index contributed by atoms with van der Waals surface area (Å²) in [7, 11) is 0. The zero-order valence-corrected chi connectivity index (χ0v) is 18.5. The largest absolute Gasteiger partial charge is 0.337 e. The van der Waals surface area contributed by atoms with Crippen molar-refractivity contribution in [2.45, 2.75) is 51.4 Å². The van der Waals surface area contributed by atoms with Crippen LogP contribution in [0.2, 0.25) is 0 Å². The van der Waals surface area contributed by atoms with Gasteiger partial charge in [-0.3, -0.25) is 4.79 Å². The van der Waals surface area contributed by atoms with Crippen LogP contribution in [0.15, 0.2) is 28.8 Å². The fourth-order valence-electron chi connectivity index (χ4n) is 4.64. The van der Waals surface area contributed by atoms with Crippen LogP contribution in [0.1, 0.15) is 58.3 Å². The van der Waals surface area contributed by atoms with Crippen LogP contribution in [-0.2, 0) is 5.41 Å². The molecule has 31 heavy (non-hydrogen) atoms. The number of nitrogens with zero attached hydrogens (tertiary/aromatic N) is 4. The molecule has 1 saturated carbocycles. The third-order valence-corrected chi connectivity index (χ3v) is 7.39. The summed E-state index contributed by atoms with van der Waals surface area (Å²) in [5.74, 6) is 1.44. The Hall–Kier alpha value is -2.61. The molecule has 3 heterocycles. The number of rotatable bonds is 5. The second kappa shape index (κ2) is 7.82. The molecule has 1 unspecified atom stereocenters. The summed E-state index contributed by atoms with van der Waals surface area (Å²) in [5.41, 5.74) is 1.18. The van der Waals surface area contributed by atoms with E-state index < -0.39 is 0 Å². The second-order valence-corrected chi connectivity index (χ2v) is 10.0. The topological polar surface area (TPSA) is 72.1 Å². The fourth-order valence-corrected chi connectivity index (χ4v) is 5.53. The van der Waals surface area contributed by atoms with E-state index in [1.165, 1.54) is 36.3 Å². The molecule has 2 aliphatic rings. The predicted molar refractivity (Wildman–Crippen MR) is 115 cm³/mol. The van der Waals surface area contributed by atoms with Gasteiger partial charge in [-0.25, -0.2) is 9.37 Å². The highest BCUT2D eigenvalue weighted by molar-refractivity contribution is 7.13. The fraction of sp³-hybridized carbons (Fsp3) is 0.478. The van der Waals surface area contributed by atoms with Crippen molar-refractivity contribution in [3.8, 4) is 11.5 Å². The van der Waals surface area contributed by atoms with E-state index in [1.807, 2.05) is 18.7 Å². The van der Waals surface area contributed by atoms with Crippen molar-refractivity contribution in [3.05, 3.63) is 51.5 Å². The van der Waals surface area contributed by atoms with Gasteiger partial charge in [-0.1, -0.05) is 18.0 Å². The number of halogens is 1. The van der Waals surface area contributed by atoms with E-state index in [1.54, 1.807) is 12.1 Å². The van der Waals surface area contributed by atoms with E-state index in [-0.39, 0.29) is 17.1 Å². The van der Waals surface area contributed by atoms with Crippen LogP contribution in [-0.4, -0.2) is 39.0 Å². The Bertz CT molecular complexity index is 1110. The van der Waals surface area contributed by atoms with Gasteiger partial charge in [0, 0.05) is 18.7 Å². The van der Waals surface area contributed by atoms with Crippen LogP contribution in [0.5, 0.6) is 0 Å². The van der Waals surface area contributed by atoms with E-state index in [0.717, 1.165) is 41.4 Å². The van der Waals surface area contributed by atoms with Crippen molar-refractivity contribution in [1.82, 2.24) is 20.0 Å². The summed E-state index contributed by atoms with van der Waals surface area (Å²) in [6.45, 7) is 5.13. The molecule has 0 radical (unpaired) electrons. The molecular weight excluding hydrogens is 415 g/mol. The van der Waals surface area contributed by atoms with E-state index in [4.69, 9.17) is 9.51 Å². The van der Waals surface area contributed by atoms with Gasteiger partial charge >= 0.3 is 0 Å². The number of amides is 1. The Morgan fingerprint density at radius 2 is 2.03 bits per heavy atom. The summed E-state index contributed by atoms with van der Waals surface area (Å²) < 4.78 is 18.9. The first-order valence-electron chi connectivity index (χ1n) is 10.8. The molecule has 2 fully saturated rings. The average Bonchev–Trinajstić information content (AvgIpc) is 3.29. The van der Waals surface area contributed by atoms with Crippen LogP contribution < -0.4 is 0 Å². The minimum atomic E-state index is -0.315. The molecule has 0 bridgehead atoms. The van der Waals surface area contributed by atoms with Crippen molar-refractivity contribution in [3.63, 3.8) is 0 Å². The van der Waals surface area contributed by atoms with Gasteiger partial charge in [-0.15, -0.1) is 11.3 Å². The molecule has 1 amide bonds. The molecule has 8 heteroatoms. The van der Waals surface area contributed by atoms with Gasteiger partial charge in [0.25, 0.3) is 11.8 Å². The highest BCUT2D eigenvalue weighted by atomic mass is 32.1. The van der Waals surface area contributed by atoms with Gasteiger partial charge in [-0.05, 0) is 63.3 Å². The van der Waals surface area contributed by atoms with Crippen molar-refractivity contribution in [2.24, 2.45) is 5.92 Å². The van der Waals surface area contributed by atoms with E-state index >= 15 is 0 Å². The van der Waals surface area contributed by atoms with Crippen molar-refractivity contribution < 1.29 is 13.7 Å². The lowest BCUT2D eigenvalue weighted by atomic mass is 9.74. The van der Waals surface area contributed by atoms with E-state index in [9.17, 15) is 9.18 Å². The molecule has 1 aromatic carbocycles. The summed E-state index contributed by atoms with van der Waals surface area (Å²) in [5, 5.41) is 5.26. The summed E-state index contributed by atoms with van der Waals surface area (Å²) in [4.78, 5) is 25.1. The maximum absolute atomic E-state index is 13.3. The molecule has 3 aromatic rings. The number of thiazole rings is 1. The molecular formula is C23H25FN4O2S. The molecule has 1 atom stereocenters.